The summed E-state index contributed by atoms with van der Waals surface area (Å²) in [6.45, 7) is 0. The highest BCUT2D eigenvalue weighted by atomic mass is 16.6. The molecule has 0 fully saturated rings. The van der Waals surface area contributed by atoms with Gasteiger partial charge in [0.25, 0.3) is 16.8 Å². The maximum absolute atomic E-state index is 12.5. The van der Waals surface area contributed by atoms with Crippen LogP contribution in [0.5, 0.6) is 0 Å². The van der Waals surface area contributed by atoms with Crippen LogP contribution >= 0.6 is 0 Å². The lowest BCUT2D eigenvalue weighted by atomic mass is 10.2. The van der Waals surface area contributed by atoms with E-state index in [4.69, 9.17) is 0 Å². The molecule has 0 aliphatic rings. The molecule has 0 bridgehead atoms. The zero-order valence-electron chi connectivity index (χ0n) is 11.8. The van der Waals surface area contributed by atoms with Crippen molar-refractivity contribution in [3.63, 3.8) is 0 Å². The number of nitro benzene ring substituents is 2. The summed E-state index contributed by atoms with van der Waals surface area (Å²) in [6, 6.07) is 8.79. The Bertz CT molecular complexity index is 1110. The van der Waals surface area contributed by atoms with Crippen molar-refractivity contribution in [1.29, 1.82) is 0 Å². The Morgan fingerprint density at radius 2 is 1.58 bits per heavy atom. The Hall–Kier alpha value is -3.82. The SMILES string of the molecule is O=c1[nH]n(-c2ccc([N+](=O)[O-])cc2[N+](=O)[O-])c(=O)c2ccccc12. The minimum atomic E-state index is -0.859. The summed E-state index contributed by atoms with van der Waals surface area (Å²) in [7, 11) is 0. The topological polar surface area (TPSA) is 141 Å². The summed E-state index contributed by atoms with van der Waals surface area (Å²) in [5, 5.41) is 24.5. The van der Waals surface area contributed by atoms with Gasteiger partial charge in [-0.15, -0.1) is 0 Å². The fourth-order valence-corrected chi connectivity index (χ4v) is 2.33. The number of nitro groups is 2. The van der Waals surface area contributed by atoms with E-state index in [-0.39, 0.29) is 16.5 Å². The van der Waals surface area contributed by atoms with Crippen molar-refractivity contribution >= 4 is 22.1 Å². The Balaban J connectivity index is 2.38. The lowest BCUT2D eigenvalue weighted by molar-refractivity contribution is -0.394. The number of benzene rings is 2. The second kappa shape index (κ2) is 5.43. The van der Waals surface area contributed by atoms with Crippen molar-refractivity contribution in [2.45, 2.75) is 0 Å². The second-order valence-electron chi connectivity index (χ2n) is 4.81. The summed E-state index contributed by atoms with van der Waals surface area (Å²) in [5.74, 6) is 0. The number of hydrogen-bond donors (Lipinski definition) is 1. The van der Waals surface area contributed by atoms with E-state index in [0.29, 0.717) is 4.68 Å². The van der Waals surface area contributed by atoms with E-state index < -0.39 is 32.3 Å². The lowest BCUT2D eigenvalue weighted by Gasteiger charge is -2.07. The van der Waals surface area contributed by atoms with Gasteiger partial charge in [-0.05, 0) is 18.2 Å². The van der Waals surface area contributed by atoms with Gasteiger partial charge < -0.3 is 0 Å². The first-order valence-electron chi connectivity index (χ1n) is 6.57. The number of fused-ring (bicyclic) bond motifs is 1. The molecule has 0 spiro atoms. The fraction of sp³-hybridized carbons (Fsp3) is 0. The molecule has 0 atom stereocenters. The Labute approximate surface area is 131 Å². The first-order chi connectivity index (χ1) is 11.4. The molecule has 1 aromatic heterocycles. The Kier molecular flexibility index (Phi) is 3.41. The summed E-state index contributed by atoms with van der Waals surface area (Å²) in [4.78, 5) is 44.9. The molecule has 2 aromatic carbocycles. The molecule has 0 radical (unpaired) electrons. The van der Waals surface area contributed by atoms with Crippen LogP contribution in [-0.2, 0) is 0 Å². The van der Waals surface area contributed by atoms with Gasteiger partial charge in [-0.2, -0.15) is 0 Å². The quantitative estimate of drug-likeness (QED) is 0.570. The Morgan fingerprint density at radius 3 is 2.21 bits per heavy atom. The van der Waals surface area contributed by atoms with Gasteiger partial charge in [0.2, 0.25) is 0 Å². The summed E-state index contributed by atoms with van der Waals surface area (Å²) in [6.07, 6.45) is 0. The minimum Gasteiger partial charge on any atom is -0.267 e. The Morgan fingerprint density at radius 1 is 0.917 bits per heavy atom. The van der Waals surface area contributed by atoms with Crippen molar-refractivity contribution in [2.24, 2.45) is 0 Å². The molecule has 24 heavy (non-hydrogen) atoms. The van der Waals surface area contributed by atoms with Crippen LogP contribution in [0.1, 0.15) is 0 Å². The van der Waals surface area contributed by atoms with Crippen LogP contribution < -0.4 is 11.1 Å². The first kappa shape index (κ1) is 15.1. The molecule has 0 unspecified atom stereocenters. The van der Waals surface area contributed by atoms with Gasteiger partial charge in [0, 0.05) is 6.07 Å². The number of nitrogens with one attached hydrogen (secondary N) is 1. The van der Waals surface area contributed by atoms with Crippen molar-refractivity contribution in [2.75, 3.05) is 0 Å². The van der Waals surface area contributed by atoms with E-state index in [0.717, 1.165) is 18.2 Å². The third-order valence-electron chi connectivity index (χ3n) is 3.43. The molecule has 0 aliphatic carbocycles. The lowest BCUT2D eigenvalue weighted by Crippen LogP contribution is -2.29. The zero-order valence-corrected chi connectivity index (χ0v) is 11.8. The van der Waals surface area contributed by atoms with Gasteiger partial charge in [-0.3, -0.25) is 34.9 Å². The average molecular weight is 328 g/mol. The highest BCUT2D eigenvalue weighted by Crippen LogP contribution is 2.26. The molecule has 10 nitrogen and oxygen atoms in total. The minimum absolute atomic E-state index is 0.0777. The number of non-ortho nitro benzene ring substituents is 1. The van der Waals surface area contributed by atoms with Gasteiger partial charge in [-0.1, -0.05) is 12.1 Å². The van der Waals surface area contributed by atoms with Gasteiger partial charge in [0.1, 0.15) is 5.69 Å². The van der Waals surface area contributed by atoms with Crippen LogP contribution in [0.15, 0.2) is 52.1 Å². The number of H-pyrrole nitrogens is 1. The standard InChI is InChI=1S/C14H8N4O6/c19-13-9-3-1-2-4-10(9)14(20)16(15-13)11-6-5-8(17(21)22)7-12(11)18(23)24/h1-7H,(H,15,19). The van der Waals surface area contributed by atoms with Crippen LogP contribution in [0, 0.1) is 20.2 Å². The maximum atomic E-state index is 12.5. The monoisotopic (exact) mass is 328 g/mol. The molecule has 0 amide bonds. The van der Waals surface area contributed by atoms with Crippen molar-refractivity contribution in [3.8, 4) is 5.69 Å². The van der Waals surface area contributed by atoms with Gasteiger partial charge >= 0.3 is 5.69 Å². The highest BCUT2D eigenvalue weighted by molar-refractivity contribution is 5.80. The predicted octanol–water partition coefficient (Wildman–Crippen LogP) is 1.50. The van der Waals surface area contributed by atoms with E-state index in [9.17, 15) is 29.8 Å². The second-order valence-corrected chi connectivity index (χ2v) is 4.81. The molecule has 120 valence electrons. The van der Waals surface area contributed by atoms with Crippen LogP contribution in [0.4, 0.5) is 11.4 Å². The maximum Gasteiger partial charge on any atom is 0.301 e. The van der Waals surface area contributed by atoms with Crippen LogP contribution in [0.2, 0.25) is 0 Å². The molecule has 3 aromatic rings. The number of rotatable bonds is 3. The third-order valence-corrected chi connectivity index (χ3v) is 3.43. The van der Waals surface area contributed by atoms with Crippen LogP contribution in [0.25, 0.3) is 16.5 Å². The number of aromatic amines is 1. The molecule has 1 N–H and O–H groups in total. The summed E-state index contributed by atoms with van der Waals surface area (Å²) < 4.78 is 0.715. The van der Waals surface area contributed by atoms with Crippen LogP contribution in [-0.4, -0.2) is 19.6 Å². The number of hydrogen-bond acceptors (Lipinski definition) is 6. The van der Waals surface area contributed by atoms with E-state index >= 15 is 0 Å². The average Bonchev–Trinajstić information content (AvgIpc) is 2.57. The van der Waals surface area contributed by atoms with E-state index in [1.807, 2.05) is 0 Å². The molecule has 0 saturated carbocycles. The van der Waals surface area contributed by atoms with Gasteiger partial charge in [0.05, 0.1) is 26.7 Å². The molecule has 1 heterocycles. The highest BCUT2D eigenvalue weighted by Gasteiger charge is 2.22. The van der Waals surface area contributed by atoms with Crippen LogP contribution in [0.3, 0.4) is 0 Å². The first-order valence-corrected chi connectivity index (χ1v) is 6.57. The largest absolute Gasteiger partial charge is 0.301 e. The molecule has 3 rings (SSSR count). The molecular formula is C14H8N4O6. The fourth-order valence-electron chi connectivity index (χ4n) is 2.33. The smallest absolute Gasteiger partial charge is 0.267 e. The van der Waals surface area contributed by atoms with Crippen molar-refractivity contribution in [1.82, 2.24) is 9.78 Å². The summed E-state index contributed by atoms with van der Waals surface area (Å²) in [5.41, 5.74) is -2.72. The zero-order chi connectivity index (χ0) is 17.4. The predicted molar refractivity (Wildman–Crippen MR) is 83.5 cm³/mol. The third kappa shape index (κ3) is 2.31. The van der Waals surface area contributed by atoms with Gasteiger partial charge in [0.15, 0.2) is 0 Å². The molecule has 0 aliphatic heterocycles. The van der Waals surface area contributed by atoms with E-state index in [2.05, 4.69) is 5.10 Å². The van der Waals surface area contributed by atoms with Crippen molar-refractivity contribution < 1.29 is 9.85 Å². The van der Waals surface area contributed by atoms with Crippen molar-refractivity contribution in [3.05, 3.63) is 83.4 Å². The van der Waals surface area contributed by atoms with E-state index in [1.54, 1.807) is 12.1 Å². The summed E-state index contributed by atoms with van der Waals surface area (Å²) >= 11 is 0. The molecular weight excluding hydrogens is 320 g/mol. The number of aromatic nitrogens is 2. The van der Waals surface area contributed by atoms with E-state index in [1.165, 1.54) is 12.1 Å². The number of nitrogens with zero attached hydrogens (tertiary/aromatic N) is 3. The molecule has 10 heteroatoms. The van der Waals surface area contributed by atoms with Gasteiger partial charge in [-0.25, -0.2) is 4.68 Å². The normalized spacial score (nSPS) is 10.7. The molecule has 0 saturated heterocycles.